The van der Waals surface area contributed by atoms with Crippen LogP contribution in [0.5, 0.6) is 0 Å². The van der Waals surface area contributed by atoms with Gasteiger partial charge in [0.05, 0.1) is 12.0 Å². The van der Waals surface area contributed by atoms with Crippen molar-refractivity contribution in [3.8, 4) is 0 Å². The van der Waals surface area contributed by atoms with E-state index >= 15 is 0 Å². The summed E-state index contributed by atoms with van der Waals surface area (Å²) < 4.78 is 2.07. The Bertz CT molecular complexity index is 495. The van der Waals surface area contributed by atoms with Gasteiger partial charge in [-0.25, -0.2) is 4.99 Å². The van der Waals surface area contributed by atoms with E-state index in [-0.39, 0.29) is 0 Å². The van der Waals surface area contributed by atoms with Gasteiger partial charge in [0.15, 0.2) is 0 Å². The lowest BCUT2D eigenvalue weighted by atomic mass is 10.1. The van der Waals surface area contributed by atoms with Gasteiger partial charge in [-0.2, -0.15) is 0 Å². The molecule has 1 aliphatic heterocycles. The van der Waals surface area contributed by atoms with Crippen LogP contribution in [0.15, 0.2) is 47.6 Å². The highest BCUT2D eigenvalue weighted by atomic mass is 15.0. The van der Waals surface area contributed by atoms with Crippen LogP contribution in [-0.4, -0.2) is 10.9 Å². The van der Waals surface area contributed by atoms with E-state index in [0.29, 0.717) is 0 Å². The summed E-state index contributed by atoms with van der Waals surface area (Å²) in [5.74, 6) is 0. The summed E-state index contributed by atoms with van der Waals surface area (Å²) in [6.45, 7) is 0. The summed E-state index contributed by atoms with van der Waals surface area (Å²) >= 11 is 0. The Morgan fingerprint density at radius 3 is 3.00 bits per heavy atom. The van der Waals surface area contributed by atoms with Crippen LogP contribution in [0.3, 0.4) is 0 Å². The first kappa shape index (κ1) is 7.56. The first-order valence-corrected chi connectivity index (χ1v) is 4.71. The third-order valence-electron chi connectivity index (χ3n) is 2.55. The molecule has 1 aromatic heterocycles. The van der Waals surface area contributed by atoms with E-state index in [1.807, 2.05) is 18.6 Å². The van der Waals surface area contributed by atoms with Crippen LogP contribution in [0.2, 0.25) is 0 Å². The molecule has 0 bridgehead atoms. The fourth-order valence-electron chi connectivity index (χ4n) is 1.80. The zero-order valence-electron chi connectivity index (χ0n) is 7.72. The van der Waals surface area contributed by atoms with Crippen molar-refractivity contribution in [2.45, 2.75) is 6.42 Å². The molecule has 1 aromatic carbocycles. The molecule has 2 nitrogen and oxygen atoms in total. The Kier molecular flexibility index (Phi) is 1.53. The molecule has 3 rings (SSSR count). The molecule has 0 atom stereocenters. The number of nitrogens with zero attached hydrogens (tertiary/aromatic N) is 2. The minimum Gasteiger partial charge on any atom is -0.311 e. The molecule has 2 heterocycles. The molecule has 0 saturated carbocycles. The van der Waals surface area contributed by atoms with Gasteiger partial charge in [0.25, 0.3) is 0 Å². The lowest BCUT2D eigenvalue weighted by Crippen LogP contribution is -1.97. The second-order valence-electron chi connectivity index (χ2n) is 3.46. The van der Waals surface area contributed by atoms with Crippen molar-refractivity contribution in [2.75, 3.05) is 0 Å². The molecule has 2 aromatic rings. The molecule has 0 radical (unpaired) electrons. The van der Waals surface area contributed by atoms with Crippen LogP contribution in [0.25, 0.3) is 0 Å². The normalized spacial score (nSPS) is 13.1. The maximum Gasteiger partial charge on any atom is 0.0995 e. The Morgan fingerprint density at radius 2 is 2.00 bits per heavy atom. The van der Waals surface area contributed by atoms with Crippen LogP contribution in [0.4, 0.5) is 5.69 Å². The molecule has 0 fully saturated rings. The summed E-state index contributed by atoms with van der Waals surface area (Å²) in [6.07, 6.45) is 4.87. The van der Waals surface area contributed by atoms with E-state index in [1.54, 1.807) is 0 Å². The van der Waals surface area contributed by atoms with Crippen LogP contribution in [-0.2, 0) is 6.42 Å². The SMILES string of the molecule is C1=Nc2ccccc2Cc2cccn21. The van der Waals surface area contributed by atoms with Crippen molar-refractivity contribution in [1.29, 1.82) is 0 Å². The van der Waals surface area contributed by atoms with Gasteiger partial charge in [0.1, 0.15) is 0 Å². The summed E-state index contributed by atoms with van der Waals surface area (Å²) in [4.78, 5) is 4.44. The van der Waals surface area contributed by atoms with Crippen LogP contribution in [0.1, 0.15) is 11.3 Å². The molecular formula is C12H10N2. The average molecular weight is 182 g/mol. The maximum atomic E-state index is 4.44. The minimum atomic E-state index is 0.961. The zero-order chi connectivity index (χ0) is 9.38. The van der Waals surface area contributed by atoms with Gasteiger partial charge in [-0.3, -0.25) is 0 Å². The van der Waals surface area contributed by atoms with E-state index in [9.17, 15) is 0 Å². The highest BCUT2D eigenvalue weighted by molar-refractivity contribution is 5.68. The van der Waals surface area contributed by atoms with E-state index in [1.165, 1.54) is 11.3 Å². The van der Waals surface area contributed by atoms with E-state index in [0.717, 1.165) is 12.1 Å². The van der Waals surface area contributed by atoms with Crippen molar-refractivity contribution in [3.05, 3.63) is 53.9 Å². The standard InChI is InChI=1S/C12H10N2/c1-2-6-12-10(4-1)8-11-5-3-7-14(11)9-13-12/h1-7,9H,8H2. The molecule has 0 unspecified atom stereocenters. The van der Waals surface area contributed by atoms with Crippen LogP contribution >= 0.6 is 0 Å². The predicted octanol–water partition coefficient (Wildman–Crippen LogP) is 2.60. The highest BCUT2D eigenvalue weighted by Gasteiger charge is 2.07. The smallest absolute Gasteiger partial charge is 0.0995 e. The van der Waals surface area contributed by atoms with Crippen molar-refractivity contribution in [3.63, 3.8) is 0 Å². The first-order valence-electron chi connectivity index (χ1n) is 4.71. The van der Waals surface area contributed by atoms with Crippen LogP contribution in [0, 0.1) is 0 Å². The fourth-order valence-corrected chi connectivity index (χ4v) is 1.80. The van der Waals surface area contributed by atoms with Gasteiger partial charge in [-0.1, -0.05) is 18.2 Å². The van der Waals surface area contributed by atoms with Gasteiger partial charge in [0.2, 0.25) is 0 Å². The van der Waals surface area contributed by atoms with Crippen molar-refractivity contribution >= 4 is 12.0 Å². The summed E-state index contributed by atoms with van der Waals surface area (Å²) in [5.41, 5.74) is 3.66. The Balaban J connectivity index is 2.19. The molecule has 0 saturated heterocycles. The lowest BCUT2D eigenvalue weighted by molar-refractivity contribution is 1.04. The maximum absolute atomic E-state index is 4.44. The number of fused-ring (bicyclic) bond motifs is 2. The molecule has 0 aliphatic carbocycles. The molecular weight excluding hydrogens is 172 g/mol. The van der Waals surface area contributed by atoms with Crippen molar-refractivity contribution in [1.82, 2.24) is 4.57 Å². The third-order valence-corrected chi connectivity index (χ3v) is 2.55. The molecule has 0 amide bonds. The van der Waals surface area contributed by atoms with E-state index in [4.69, 9.17) is 0 Å². The topological polar surface area (TPSA) is 17.3 Å². The molecule has 14 heavy (non-hydrogen) atoms. The molecule has 0 N–H and O–H groups in total. The van der Waals surface area contributed by atoms with E-state index in [2.05, 4.69) is 39.9 Å². The average Bonchev–Trinajstić information content (AvgIpc) is 2.58. The molecule has 1 aliphatic rings. The van der Waals surface area contributed by atoms with Gasteiger partial charge in [0, 0.05) is 18.3 Å². The number of aromatic nitrogens is 1. The Labute approximate surface area is 82.5 Å². The molecule has 0 spiro atoms. The first-order chi connectivity index (χ1) is 6.93. The zero-order valence-corrected chi connectivity index (χ0v) is 7.72. The Hall–Kier alpha value is -1.83. The number of aliphatic imine (C=N–C) groups is 1. The molecule has 68 valence electrons. The second-order valence-corrected chi connectivity index (χ2v) is 3.46. The van der Waals surface area contributed by atoms with Crippen LogP contribution < -0.4 is 0 Å². The fraction of sp³-hybridized carbons (Fsp3) is 0.0833. The quantitative estimate of drug-likeness (QED) is 0.508. The van der Waals surface area contributed by atoms with Crippen molar-refractivity contribution in [2.24, 2.45) is 4.99 Å². The lowest BCUT2D eigenvalue weighted by Gasteiger charge is -2.01. The summed E-state index contributed by atoms with van der Waals surface area (Å²) in [6, 6.07) is 12.5. The number of hydrogen-bond acceptors (Lipinski definition) is 1. The monoisotopic (exact) mass is 182 g/mol. The highest BCUT2D eigenvalue weighted by Crippen LogP contribution is 2.23. The van der Waals surface area contributed by atoms with E-state index < -0.39 is 0 Å². The van der Waals surface area contributed by atoms with Gasteiger partial charge in [-0.05, 0) is 23.8 Å². The second kappa shape index (κ2) is 2.84. The van der Waals surface area contributed by atoms with Crippen molar-refractivity contribution < 1.29 is 0 Å². The number of benzene rings is 1. The number of hydrogen-bond donors (Lipinski definition) is 0. The molecule has 2 heteroatoms. The Morgan fingerprint density at radius 1 is 1.07 bits per heavy atom. The van der Waals surface area contributed by atoms with Gasteiger partial charge < -0.3 is 4.57 Å². The minimum absolute atomic E-state index is 0.961. The predicted molar refractivity (Wildman–Crippen MR) is 57.2 cm³/mol. The third kappa shape index (κ3) is 1.08. The van der Waals surface area contributed by atoms with Gasteiger partial charge in [-0.15, -0.1) is 0 Å². The van der Waals surface area contributed by atoms with Gasteiger partial charge >= 0.3 is 0 Å². The number of rotatable bonds is 0. The number of para-hydroxylation sites is 1. The summed E-state index contributed by atoms with van der Waals surface area (Å²) in [7, 11) is 0. The summed E-state index contributed by atoms with van der Waals surface area (Å²) in [5, 5.41) is 0. The largest absolute Gasteiger partial charge is 0.311 e.